The Hall–Kier alpha value is -2.77. The molecule has 0 aromatic heterocycles. The molecule has 1 atom stereocenters. The van der Waals surface area contributed by atoms with Crippen LogP contribution in [0.25, 0.3) is 0 Å². The molecule has 0 bridgehead atoms. The van der Waals surface area contributed by atoms with E-state index in [0.29, 0.717) is 12.0 Å². The molecule has 0 saturated heterocycles. The van der Waals surface area contributed by atoms with E-state index in [9.17, 15) is 14.6 Å². The van der Waals surface area contributed by atoms with E-state index in [-0.39, 0.29) is 12.4 Å². The van der Waals surface area contributed by atoms with E-state index in [0.717, 1.165) is 24.1 Å². The SMILES string of the molecule is CN(C)CCCC(O)(c1ccc(F)cc1)c1cccc(CO)c1.N#CC#N. The molecule has 2 aromatic rings. The summed E-state index contributed by atoms with van der Waals surface area (Å²) in [5.74, 6) is -0.325. The maximum Gasteiger partial charge on any atom is 0.181 e. The average Bonchev–Trinajstić information content (AvgIpc) is 2.68. The van der Waals surface area contributed by atoms with E-state index >= 15 is 0 Å². The van der Waals surface area contributed by atoms with Crippen LogP contribution in [0.15, 0.2) is 48.5 Å². The smallest absolute Gasteiger partial charge is 0.181 e. The Morgan fingerprint density at radius 3 is 2.19 bits per heavy atom. The first-order valence-corrected chi connectivity index (χ1v) is 8.49. The highest BCUT2D eigenvalue weighted by Gasteiger charge is 2.31. The number of aliphatic hydroxyl groups excluding tert-OH is 1. The zero-order chi connectivity index (χ0) is 20.3. The average molecular weight is 369 g/mol. The topological polar surface area (TPSA) is 91.3 Å². The molecule has 0 fully saturated rings. The maximum absolute atomic E-state index is 13.2. The largest absolute Gasteiger partial charge is 0.392 e. The Bertz CT molecular complexity index is 782. The molecule has 2 aromatic carbocycles. The molecule has 0 aliphatic carbocycles. The predicted octanol–water partition coefficient (Wildman–Crippen LogP) is 2.93. The van der Waals surface area contributed by atoms with Crippen LogP contribution in [0.2, 0.25) is 0 Å². The number of nitriles is 2. The third-order valence-corrected chi connectivity index (χ3v) is 4.10. The third kappa shape index (κ3) is 6.80. The van der Waals surface area contributed by atoms with Crippen molar-refractivity contribution in [1.29, 1.82) is 10.5 Å². The summed E-state index contributed by atoms with van der Waals surface area (Å²) in [5.41, 5.74) is 0.923. The van der Waals surface area contributed by atoms with Crippen LogP contribution in [0, 0.1) is 28.5 Å². The van der Waals surface area contributed by atoms with Crippen LogP contribution in [0.5, 0.6) is 0 Å². The van der Waals surface area contributed by atoms with E-state index in [1.165, 1.54) is 24.3 Å². The van der Waals surface area contributed by atoms with Crippen LogP contribution in [0.1, 0.15) is 29.5 Å². The normalized spacial score (nSPS) is 12.3. The van der Waals surface area contributed by atoms with Crippen molar-refractivity contribution in [2.75, 3.05) is 20.6 Å². The summed E-state index contributed by atoms with van der Waals surface area (Å²) < 4.78 is 13.2. The molecule has 0 heterocycles. The van der Waals surface area contributed by atoms with Crippen LogP contribution in [-0.2, 0) is 12.2 Å². The van der Waals surface area contributed by atoms with Gasteiger partial charge in [-0.25, -0.2) is 4.39 Å². The summed E-state index contributed by atoms with van der Waals surface area (Å²) in [6.45, 7) is 0.772. The molecule has 0 spiro atoms. The number of aliphatic hydroxyl groups is 2. The zero-order valence-corrected chi connectivity index (χ0v) is 15.6. The van der Waals surface area contributed by atoms with Crippen molar-refractivity contribution in [1.82, 2.24) is 4.90 Å². The van der Waals surface area contributed by atoms with Gasteiger partial charge in [0.05, 0.1) is 6.61 Å². The molecular formula is C21H24FN3O2. The molecule has 27 heavy (non-hydrogen) atoms. The second kappa shape index (κ2) is 11.1. The molecule has 0 radical (unpaired) electrons. The lowest BCUT2D eigenvalue weighted by atomic mass is 9.82. The summed E-state index contributed by atoms with van der Waals surface area (Å²) in [7, 11) is 3.98. The predicted molar refractivity (Wildman–Crippen MR) is 101 cm³/mol. The molecular weight excluding hydrogens is 345 g/mol. The van der Waals surface area contributed by atoms with Crippen molar-refractivity contribution >= 4 is 0 Å². The van der Waals surface area contributed by atoms with Gasteiger partial charge in [-0.1, -0.05) is 36.4 Å². The molecule has 142 valence electrons. The second-order valence-corrected chi connectivity index (χ2v) is 6.36. The van der Waals surface area contributed by atoms with Gasteiger partial charge in [0.1, 0.15) is 11.4 Å². The van der Waals surface area contributed by atoms with Gasteiger partial charge in [0.2, 0.25) is 0 Å². The summed E-state index contributed by atoms with van der Waals surface area (Å²) in [6, 6.07) is 15.7. The summed E-state index contributed by atoms with van der Waals surface area (Å²) in [6.07, 6.45) is 1.32. The Kier molecular flexibility index (Phi) is 9.12. The van der Waals surface area contributed by atoms with E-state index < -0.39 is 5.60 Å². The van der Waals surface area contributed by atoms with Crippen molar-refractivity contribution in [3.05, 3.63) is 71.0 Å². The molecule has 2 N–H and O–H groups in total. The quantitative estimate of drug-likeness (QED) is 0.783. The minimum Gasteiger partial charge on any atom is -0.392 e. The van der Waals surface area contributed by atoms with Gasteiger partial charge in [-0.2, -0.15) is 10.5 Å². The third-order valence-electron chi connectivity index (χ3n) is 4.10. The zero-order valence-electron chi connectivity index (χ0n) is 15.6. The highest BCUT2D eigenvalue weighted by Crippen LogP contribution is 2.34. The van der Waals surface area contributed by atoms with Gasteiger partial charge in [0.15, 0.2) is 12.1 Å². The summed E-state index contributed by atoms with van der Waals surface area (Å²) >= 11 is 0. The molecule has 6 heteroatoms. The number of rotatable bonds is 7. The first kappa shape index (κ1) is 22.3. The van der Waals surface area contributed by atoms with Gasteiger partial charge in [-0.05, 0) is 62.3 Å². The van der Waals surface area contributed by atoms with Crippen LogP contribution < -0.4 is 0 Å². The Labute approximate surface area is 159 Å². The highest BCUT2D eigenvalue weighted by atomic mass is 19.1. The minimum atomic E-state index is -1.20. The van der Waals surface area contributed by atoms with Crippen LogP contribution in [0.3, 0.4) is 0 Å². The van der Waals surface area contributed by atoms with Gasteiger partial charge < -0.3 is 15.1 Å². The maximum atomic E-state index is 13.2. The van der Waals surface area contributed by atoms with Crippen LogP contribution >= 0.6 is 0 Å². The van der Waals surface area contributed by atoms with E-state index in [1.54, 1.807) is 18.2 Å². The number of halogens is 1. The van der Waals surface area contributed by atoms with E-state index in [2.05, 4.69) is 4.90 Å². The molecule has 0 aliphatic heterocycles. The first-order valence-electron chi connectivity index (χ1n) is 8.49. The lowest BCUT2D eigenvalue weighted by molar-refractivity contribution is 0.0662. The summed E-state index contributed by atoms with van der Waals surface area (Å²) in [4.78, 5) is 2.06. The van der Waals surface area contributed by atoms with Gasteiger partial charge in [0.25, 0.3) is 0 Å². The van der Waals surface area contributed by atoms with Gasteiger partial charge >= 0.3 is 0 Å². The summed E-state index contributed by atoms with van der Waals surface area (Å²) in [5, 5.41) is 35.2. The molecule has 0 aliphatic rings. The van der Waals surface area contributed by atoms with Crippen molar-refractivity contribution in [3.8, 4) is 12.1 Å². The van der Waals surface area contributed by atoms with Crippen LogP contribution in [-0.4, -0.2) is 35.8 Å². The second-order valence-electron chi connectivity index (χ2n) is 6.36. The lowest BCUT2D eigenvalue weighted by Crippen LogP contribution is -2.29. The number of hydrogen-bond acceptors (Lipinski definition) is 5. The van der Waals surface area contributed by atoms with Gasteiger partial charge in [-0.15, -0.1) is 0 Å². The fraction of sp³-hybridized carbons (Fsp3) is 0.333. The standard InChI is InChI=1S/C19H24FNO2.C2N2/c1-21(2)12-4-11-19(23,16-7-9-18(20)10-8-16)17-6-3-5-15(13-17)14-22;3-1-2-4/h3,5-10,13,22-23H,4,11-12,14H2,1-2H3;. The Balaban J connectivity index is 0.000000828. The minimum absolute atomic E-state index is 0.0783. The molecule has 1 unspecified atom stereocenters. The van der Waals surface area contributed by atoms with Crippen LogP contribution in [0.4, 0.5) is 4.39 Å². The molecule has 0 saturated carbocycles. The molecule has 5 nitrogen and oxygen atoms in total. The van der Waals surface area contributed by atoms with E-state index in [4.69, 9.17) is 10.5 Å². The Morgan fingerprint density at radius 1 is 1.04 bits per heavy atom. The fourth-order valence-electron chi connectivity index (χ4n) is 2.76. The lowest BCUT2D eigenvalue weighted by Gasteiger charge is -2.30. The number of benzene rings is 2. The fourth-order valence-corrected chi connectivity index (χ4v) is 2.76. The van der Waals surface area contributed by atoms with Crippen molar-refractivity contribution < 1.29 is 14.6 Å². The Morgan fingerprint density at radius 2 is 1.67 bits per heavy atom. The van der Waals surface area contributed by atoms with Crippen molar-refractivity contribution in [2.24, 2.45) is 0 Å². The number of hydrogen-bond donors (Lipinski definition) is 2. The first-order chi connectivity index (χ1) is 12.9. The van der Waals surface area contributed by atoms with Gasteiger partial charge in [-0.3, -0.25) is 0 Å². The van der Waals surface area contributed by atoms with Gasteiger partial charge in [0, 0.05) is 0 Å². The van der Waals surface area contributed by atoms with Crippen molar-refractivity contribution in [2.45, 2.75) is 25.0 Å². The molecule has 2 rings (SSSR count). The van der Waals surface area contributed by atoms with Crippen molar-refractivity contribution in [3.63, 3.8) is 0 Å². The van der Waals surface area contributed by atoms with E-state index in [1.807, 2.05) is 32.3 Å². The monoisotopic (exact) mass is 369 g/mol. The molecule has 0 amide bonds. The highest BCUT2D eigenvalue weighted by molar-refractivity contribution is 5.38. The number of nitrogens with zero attached hydrogens (tertiary/aromatic N) is 3.